The number of methoxy groups -OCH3 is 1. The largest absolute Gasteiger partial charge is 0.481 e. The fourth-order valence-electron chi connectivity index (χ4n) is 5.46. The molecule has 1 aliphatic carbocycles. The van der Waals surface area contributed by atoms with Gasteiger partial charge in [0.1, 0.15) is 4.21 Å². The summed E-state index contributed by atoms with van der Waals surface area (Å²) in [6.07, 6.45) is 4.20. The van der Waals surface area contributed by atoms with Gasteiger partial charge in [0.2, 0.25) is 11.8 Å². The number of nitrogens with one attached hydrogen (secondary N) is 3. The summed E-state index contributed by atoms with van der Waals surface area (Å²) in [5.41, 5.74) is 4.37. The van der Waals surface area contributed by atoms with Crippen molar-refractivity contribution in [1.29, 1.82) is 0 Å². The third kappa shape index (κ3) is 8.17. The molecule has 0 saturated carbocycles. The first kappa shape index (κ1) is 32.4. The smallest absolute Gasteiger partial charge is 0.250 e. The van der Waals surface area contributed by atoms with E-state index in [1.54, 1.807) is 36.4 Å². The molecule has 234 valence electrons. The number of rotatable bonds is 11. The zero-order chi connectivity index (χ0) is 31.5. The highest BCUT2D eigenvalue weighted by Crippen LogP contribution is 2.33. The maximum atomic E-state index is 13.6. The number of sulfonamides is 1. The van der Waals surface area contributed by atoms with Gasteiger partial charge < -0.3 is 15.4 Å². The predicted octanol–water partition coefficient (Wildman–Crippen LogP) is 6.70. The van der Waals surface area contributed by atoms with Gasteiger partial charge in [0, 0.05) is 41.5 Å². The number of carbonyl (C=O) groups is 1. The number of carbonyl (C=O) groups excluding carboxylic acids is 1. The summed E-state index contributed by atoms with van der Waals surface area (Å²) in [4.78, 5) is 17.8. The van der Waals surface area contributed by atoms with Gasteiger partial charge >= 0.3 is 0 Å². The standard InChI is InChI=1S/C33H39ClN4O4S2/c1-33(2,3)20-35-18-21-8-11-26-22(14-21)6-5-7-27(26)37-30(39)17-28(23-9-13-31(42-4)36-19-23)38-44(40,41)32-16-24-15-25(34)10-12-29(24)43-32/h8-16,19,27-28,35,38H,5-7,17-18,20H2,1-4H3,(H,37,39)/t27-,28-/m1/s1. The van der Waals surface area contributed by atoms with Crippen LogP contribution in [0.1, 0.15) is 74.4 Å². The molecule has 0 spiro atoms. The summed E-state index contributed by atoms with van der Waals surface area (Å²) < 4.78 is 36.0. The maximum Gasteiger partial charge on any atom is 0.250 e. The van der Waals surface area contributed by atoms with Crippen LogP contribution in [0, 0.1) is 5.41 Å². The van der Waals surface area contributed by atoms with Gasteiger partial charge in [-0.2, -0.15) is 0 Å². The molecule has 1 aliphatic rings. The Balaban J connectivity index is 1.32. The number of hydrogen-bond donors (Lipinski definition) is 3. The zero-order valence-electron chi connectivity index (χ0n) is 25.4. The predicted molar refractivity (Wildman–Crippen MR) is 177 cm³/mol. The highest BCUT2D eigenvalue weighted by atomic mass is 35.5. The van der Waals surface area contributed by atoms with Crippen LogP contribution in [-0.2, 0) is 27.8 Å². The van der Waals surface area contributed by atoms with Crippen LogP contribution >= 0.6 is 22.9 Å². The van der Waals surface area contributed by atoms with Gasteiger partial charge in [-0.3, -0.25) is 4.79 Å². The summed E-state index contributed by atoms with van der Waals surface area (Å²) in [7, 11) is -2.46. The van der Waals surface area contributed by atoms with E-state index >= 15 is 0 Å². The second-order valence-electron chi connectivity index (χ2n) is 12.5. The van der Waals surface area contributed by atoms with Crippen LogP contribution in [0.5, 0.6) is 5.88 Å². The minimum absolute atomic E-state index is 0.0927. The SMILES string of the molecule is COc1ccc([C@@H](CC(=O)N[C@@H]2CCCc3cc(CNCC(C)(C)C)ccc32)NS(=O)(=O)c2cc3cc(Cl)ccc3s2)cn1. The molecular weight excluding hydrogens is 616 g/mol. The van der Waals surface area contributed by atoms with E-state index < -0.39 is 16.1 Å². The molecule has 5 rings (SSSR count). The Morgan fingerprint density at radius 1 is 1.14 bits per heavy atom. The molecule has 0 aliphatic heterocycles. The first-order chi connectivity index (χ1) is 20.9. The van der Waals surface area contributed by atoms with E-state index in [1.165, 1.54) is 24.4 Å². The molecule has 0 unspecified atom stereocenters. The number of halogens is 1. The number of nitrogens with zero attached hydrogens (tertiary/aromatic N) is 1. The van der Waals surface area contributed by atoms with Crippen LogP contribution < -0.4 is 20.1 Å². The Bertz CT molecular complexity index is 1730. The Labute approximate surface area is 268 Å². The third-order valence-electron chi connectivity index (χ3n) is 7.62. The number of aromatic nitrogens is 1. The maximum absolute atomic E-state index is 13.6. The minimum atomic E-state index is -3.97. The summed E-state index contributed by atoms with van der Waals surface area (Å²) >= 11 is 7.27. The molecule has 11 heteroatoms. The first-order valence-corrected chi connectivity index (χ1v) is 17.4. The molecular formula is C33H39ClN4O4S2. The van der Waals surface area contributed by atoms with Crippen LogP contribution in [0.25, 0.3) is 10.1 Å². The number of aryl methyl sites for hydroxylation is 1. The van der Waals surface area contributed by atoms with E-state index in [9.17, 15) is 13.2 Å². The van der Waals surface area contributed by atoms with Gasteiger partial charge in [-0.15, -0.1) is 11.3 Å². The van der Waals surface area contributed by atoms with Crippen molar-refractivity contribution in [2.45, 2.75) is 69.3 Å². The zero-order valence-corrected chi connectivity index (χ0v) is 27.8. The van der Waals surface area contributed by atoms with Crippen LogP contribution in [0.3, 0.4) is 0 Å². The molecule has 2 atom stereocenters. The molecule has 4 aromatic rings. The number of ether oxygens (including phenoxy) is 1. The molecule has 8 nitrogen and oxygen atoms in total. The number of fused-ring (bicyclic) bond motifs is 2. The Morgan fingerprint density at radius 3 is 2.68 bits per heavy atom. The molecule has 2 aromatic heterocycles. The molecule has 0 fully saturated rings. The second-order valence-corrected chi connectivity index (χ2v) is 15.9. The molecule has 1 amide bonds. The van der Waals surface area contributed by atoms with E-state index in [1.807, 2.05) is 0 Å². The monoisotopic (exact) mass is 654 g/mol. The minimum Gasteiger partial charge on any atom is -0.481 e. The molecule has 44 heavy (non-hydrogen) atoms. The van der Waals surface area contributed by atoms with Crippen molar-refractivity contribution in [3.8, 4) is 5.88 Å². The Hall–Kier alpha value is -3.02. The fraction of sp³-hybridized carbons (Fsp3) is 0.394. The lowest BCUT2D eigenvalue weighted by Crippen LogP contribution is -2.36. The van der Waals surface area contributed by atoms with Gasteiger partial charge in [0.15, 0.2) is 0 Å². The van der Waals surface area contributed by atoms with Crippen molar-refractivity contribution in [3.63, 3.8) is 0 Å². The van der Waals surface area contributed by atoms with Gasteiger partial charge in [0.25, 0.3) is 10.0 Å². The van der Waals surface area contributed by atoms with Crippen LogP contribution in [0.4, 0.5) is 0 Å². The third-order valence-corrected chi connectivity index (χ3v) is 10.9. The van der Waals surface area contributed by atoms with E-state index in [0.717, 1.165) is 59.3 Å². The number of pyridine rings is 1. The number of benzene rings is 2. The number of amides is 1. The lowest BCUT2D eigenvalue weighted by atomic mass is 9.86. The molecule has 0 radical (unpaired) electrons. The van der Waals surface area contributed by atoms with Gasteiger partial charge in [-0.05, 0) is 76.6 Å². The first-order valence-electron chi connectivity index (χ1n) is 14.7. The lowest BCUT2D eigenvalue weighted by molar-refractivity contribution is -0.122. The Kier molecular flexibility index (Phi) is 9.96. The van der Waals surface area contributed by atoms with Crippen LogP contribution in [0.15, 0.2) is 65.0 Å². The fourth-order valence-corrected chi connectivity index (χ4v) is 8.26. The Morgan fingerprint density at radius 2 is 1.95 bits per heavy atom. The number of thiophene rings is 1. The number of hydrogen-bond acceptors (Lipinski definition) is 7. The summed E-state index contributed by atoms with van der Waals surface area (Å²) in [6, 6.07) is 15.7. The van der Waals surface area contributed by atoms with Crippen LogP contribution in [-0.4, -0.2) is 33.0 Å². The second kappa shape index (κ2) is 13.5. The highest BCUT2D eigenvalue weighted by molar-refractivity contribution is 7.91. The topological polar surface area (TPSA) is 109 Å². The van der Waals surface area contributed by atoms with Crippen molar-refractivity contribution >= 4 is 49.0 Å². The van der Waals surface area contributed by atoms with Gasteiger partial charge in [-0.25, -0.2) is 18.1 Å². The van der Waals surface area contributed by atoms with Crippen molar-refractivity contribution in [2.75, 3.05) is 13.7 Å². The molecule has 2 heterocycles. The summed E-state index contributed by atoms with van der Waals surface area (Å²) in [5.74, 6) is 0.151. The van der Waals surface area contributed by atoms with E-state index in [-0.39, 0.29) is 28.0 Å². The van der Waals surface area contributed by atoms with Crippen molar-refractivity contribution in [2.24, 2.45) is 5.41 Å². The van der Waals surface area contributed by atoms with E-state index in [0.29, 0.717) is 16.5 Å². The normalized spacial score (nSPS) is 16.0. The molecule has 2 aromatic carbocycles. The van der Waals surface area contributed by atoms with Gasteiger partial charge in [-0.1, -0.05) is 56.6 Å². The van der Waals surface area contributed by atoms with E-state index in [4.69, 9.17) is 16.3 Å². The van der Waals surface area contributed by atoms with Crippen molar-refractivity contribution < 1.29 is 17.9 Å². The molecule has 3 N–H and O–H groups in total. The van der Waals surface area contributed by atoms with Crippen LogP contribution in [0.2, 0.25) is 5.02 Å². The summed E-state index contributed by atoms with van der Waals surface area (Å²) in [5, 5.41) is 7.99. The lowest BCUT2D eigenvalue weighted by Gasteiger charge is -2.28. The average molecular weight is 655 g/mol. The van der Waals surface area contributed by atoms with Crippen molar-refractivity contribution in [1.82, 2.24) is 20.3 Å². The van der Waals surface area contributed by atoms with Gasteiger partial charge in [0.05, 0.1) is 19.2 Å². The average Bonchev–Trinajstić information content (AvgIpc) is 3.41. The molecule has 0 bridgehead atoms. The van der Waals surface area contributed by atoms with Crippen molar-refractivity contribution in [3.05, 3.63) is 88.1 Å². The molecule has 0 saturated heterocycles. The summed E-state index contributed by atoms with van der Waals surface area (Å²) in [6.45, 7) is 8.35. The quantitative estimate of drug-likeness (QED) is 0.166. The van der Waals surface area contributed by atoms with E-state index in [2.05, 4.69) is 59.3 Å². The highest BCUT2D eigenvalue weighted by Gasteiger charge is 2.28.